The highest BCUT2D eigenvalue weighted by Crippen LogP contribution is 2.20. The van der Waals surface area contributed by atoms with Crippen LogP contribution < -0.4 is 10.6 Å². The summed E-state index contributed by atoms with van der Waals surface area (Å²) in [5.74, 6) is -0.102. The fourth-order valence-corrected chi connectivity index (χ4v) is 2.58. The summed E-state index contributed by atoms with van der Waals surface area (Å²) >= 11 is 7.63. The Kier molecular flexibility index (Phi) is 4.96. The summed E-state index contributed by atoms with van der Waals surface area (Å²) in [4.78, 5) is 11.8. The molecule has 5 heteroatoms. The van der Waals surface area contributed by atoms with Gasteiger partial charge in [0.15, 0.2) is 0 Å². The fourth-order valence-electron chi connectivity index (χ4n) is 1.64. The molecule has 2 aromatic rings. The Morgan fingerprint density at radius 3 is 2.84 bits per heavy atom. The van der Waals surface area contributed by atoms with E-state index < -0.39 is 0 Å². The number of halogens is 1. The van der Waals surface area contributed by atoms with Crippen LogP contribution in [-0.4, -0.2) is 12.5 Å². The zero-order valence-corrected chi connectivity index (χ0v) is 12.1. The Balaban J connectivity index is 1.84. The average molecular weight is 295 g/mol. The van der Waals surface area contributed by atoms with E-state index in [2.05, 4.69) is 16.0 Å². The van der Waals surface area contributed by atoms with Gasteiger partial charge >= 0.3 is 0 Å². The van der Waals surface area contributed by atoms with Crippen LogP contribution in [0.1, 0.15) is 18.5 Å². The monoisotopic (exact) mass is 294 g/mol. The van der Waals surface area contributed by atoms with Gasteiger partial charge in [-0.3, -0.25) is 4.79 Å². The van der Waals surface area contributed by atoms with Gasteiger partial charge in [-0.1, -0.05) is 23.7 Å². The summed E-state index contributed by atoms with van der Waals surface area (Å²) in [6.07, 6.45) is 0. The molecule has 1 unspecified atom stereocenters. The van der Waals surface area contributed by atoms with Crippen LogP contribution in [0.4, 0.5) is 5.69 Å². The van der Waals surface area contributed by atoms with Gasteiger partial charge in [0.25, 0.3) is 0 Å². The lowest BCUT2D eigenvalue weighted by atomic mass is 10.2. The molecule has 1 aromatic carbocycles. The van der Waals surface area contributed by atoms with Gasteiger partial charge in [-0.2, -0.15) is 11.3 Å². The minimum absolute atomic E-state index is 0.102. The smallest absolute Gasteiger partial charge is 0.238 e. The quantitative estimate of drug-likeness (QED) is 0.883. The molecule has 2 rings (SSSR count). The van der Waals surface area contributed by atoms with Crippen LogP contribution >= 0.6 is 22.9 Å². The zero-order chi connectivity index (χ0) is 13.7. The molecule has 0 fully saturated rings. The molecule has 0 aliphatic carbocycles. The maximum absolute atomic E-state index is 11.8. The van der Waals surface area contributed by atoms with Gasteiger partial charge in [-0.15, -0.1) is 0 Å². The van der Waals surface area contributed by atoms with E-state index in [1.165, 1.54) is 5.56 Å². The van der Waals surface area contributed by atoms with E-state index in [9.17, 15) is 4.79 Å². The summed E-state index contributed by atoms with van der Waals surface area (Å²) in [7, 11) is 0. The van der Waals surface area contributed by atoms with Gasteiger partial charge in [0.2, 0.25) is 5.91 Å². The molecule has 0 saturated heterocycles. The molecule has 0 aliphatic rings. The van der Waals surface area contributed by atoms with E-state index in [4.69, 9.17) is 11.6 Å². The summed E-state index contributed by atoms with van der Waals surface area (Å²) < 4.78 is 0. The van der Waals surface area contributed by atoms with Crippen LogP contribution in [0.25, 0.3) is 0 Å². The second kappa shape index (κ2) is 6.70. The molecule has 2 N–H and O–H groups in total. The highest BCUT2D eigenvalue weighted by molar-refractivity contribution is 7.07. The average Bonchev–Trinajstić information content (AvgIpc) is 2.93. The Hall–Kier alpha value is -1.36. The molecule has 1 heterocycles. The van der Waals surface area contributed by atoms with Crippen LogP contribution in [0.5, 0.6) is 0 Å². The van der Waals surface area contributed by atoms with Crippen LogP contribution in [0.3, 0.4) is 0 Å². The summed E-state index contributed by atoms with van der Waals surface area (Å²) in [6.45, 7) is 2.28. The van der Waals surface area contributed by atoms with Gasteiger partial charge in [-0.05, 0) is 41.4 Å². The van der Waals surface area contributed by atoms with Gasteiger partial charge in [0.1, 0.15) is 0 Å². The van der Waals surface area contributed by atoms with E-state index in [1.54, 1.807) is 23.5 Å². The first-order valence-electron chi connectivity index (χ1n) is 5.96. The Morgan fingerprint density at radius 1 is 1.37 bits per heavy atom. The molecule has 0 saturated carbocycles. The highest BCUT2D eigenvalue weighted by atomic mass is 35.5. The highest BCUT2D eigenvalue weighted by Gasteiger charge is 2.09. The predicted octanol–water partition coefficient (Wildman–Crippen LogP) is 3.69. The third-order valence-corrected chi connectivity index (χ3v) is 3.79. The first-order valence-corrected chi connectivity index (χ1v) is 7.29. The van der Waals surface area contributed by atoms with Crippen molar-refractivity contribution in [3.8, 4) is 0 Å². The Morgan fingerprint density at radius 2 is 2.16 bits per heavy atom. The van der Waals surface area contributed by atoms with E-state index in [-0.39, 0.29) is 18.5 Å². The van der Waals surface area contributed by atoms with Crippen molar-refractivity contribution in [1.82, 2.24) is 5.32 Å². The van der Waals surface area contributed by atoms with Crippen molar-refractivity contribution in [2.75, 3.05) is 11.9 Å². The van der Waals surface area contributed by atoms with Gasteiger partial charge in [0, 0.05) is 6.04 Å². The number of para-hydroxylation sites is 1. The molecule has 1 amide bonds. The van der Waals surface area contributed by atoms with Gasteiger partial charge in [-0.25, -0.2) is 0 Å². The standard InChI is InChI=1S/C14H15ClN2OS/c1-10(11-6-7-19-9-11)16-8-14(18)17-13-5-3-2-4-12(13)15/h2-7,9-10,16H,8H2,1H3,(H,17,18). The third-order valence-electron chi connectivity index (χ3n) is 2.76. The number of amides is 1. The summed E-state index contributed by atoms with van der Waals surface area (Å²) in [6, 6.07) is 9.40. The SMILES string of the molecule is CC(NCC(=O)Nc1ccccc1Cl)c1ccsc1. The topological polar surface area (TPSA) is 41.1 Å². The van der Waals surface area contributed by atoms with Crippen molar-refractivity contribution in [1.29, 1.82) is 0 Å². The predicted molar refractivity (Wildman–Crippen MR) is 80.8 cm³/mol. The molecule has 1 atom stereocenters. The molecular formula is C14H15ClN2OS. The summed E-state index contributed by atoms with van der Waals surface area (Å²) in [5.41, 5.74) is 1.83. The maximum Gasteiger partial charge on any atom is 0.238 e. The molecule has 100 valence electrons. The number of carbonyl (C=O) groups is 1. The van der Waals surface area contributed by atoms with Gasteiger partial charge < -0.3 is 10.6 Å². The molecular weight excluding hydrogens is 280 g/mol. The fraction of sp³-hybridized carbons (Fsp3) is 0.214. The van der Waals surface area contributed by atoms with Gasteiger partial charge in [0.05, 0.1) is 17.3 Å². The van der Waals surface area contributed by atoms with Crippen LogP contribution in [0, 0.1) is 0 Å². The van der Waals surface area contributed by atoms with Crippen LogP contribution in [-0.2, 0) is 4.79 Å². The lowest BCUT2D eigenvalue weighted by molar-refractivity contribution is -0.115. The van der Waals surface area contributed by atoms with E-state index in [0.29, 0.717) is 10.7 Å². The Labute approximate surface area is 121 Å². The first kappa shape index (κ1) is 14.1. The lowest BCUT2D eigenvalue weighted by Gasteiger charge is -2.12. The zero-order valence-electron chi connectivity index (χ0n) is 10.5. The number of nitrogens with one attached hydrogen (secondary N) is 2. The second-order valence-corrected chi connectivity index (χ2v) is 5.37. The third kappa shape index (κ3) is 4.06. The Bertz CT molecular complexity index is 542. The van der Waals surface area contributed by atoms with Crippen molar-refractivity contribution in [2.24, 2.45) is 0 Å². The van der Waals surface area contributed by atoms with Crippen molar-refractivity contribution in [3.63, 3.8) is 0 Å². The summed E-state index contributed by atoms with van der Waals surface area (Å²) in [5, 5.41) is 10.6. The first-order chi connectivity index (χ1) is 9.16. The minimum atomic E-state index is -0.102. The maximum atomic E-state index is 11.8. The largest absolute Gasteiger partial charge is 0.324 e. The van der Waals surface area contributed by atoms with E-state index in [0.717, 1.165) is 0 Å². The van der Waals surface area contributed by atoms with Crippen molar-refractivity contribution >= 4 is 34.5 Å². The molecule has 19 heavy (non-hydrogen) atoms. The number of rotatable bonds is 5. The van der Waals surface area contributed by atoms with Crippen molar-refractivity contribution in [3.05, 3.63) is 51.7 Å². The van der Waals surface area contributed by atoms with E-state index >= 15 is 0 Å². The van der Waals surface area contributed by atoms with E-state index in [1.807, 2.05) is 30.5 Å². The molecule has 1 aromatic heterocycles. The lowest BCUT2D eigenvalue weighted by Crippen LogP contribution is -2.30. The molecule has 3 nitrogen and oxygen atoms in total. The van der Waals surface area contributed by atoms with Crippen LogP contribution in [0.2, 0.25) is 5.02 Å². The number of hydrogen-bond donors (Lipinski definition) is 2. The number of thiophene rings is 1. The number of hydrogen-bond acceptors (Lipinski definition) is 3. The molecule has 0 spiro atoms. The molecule has 0 bridgehead atoms. The second-order valence-electron chi connectivity index (χ2n) is 4.19. The number of anilines is 1. The minimum Gasteiger partial charge on any atom is -0.324 e. The van der Waals surface area contributed by atoms with Crippen LogP contribution in [0.15, 0.2) is 41.1 Å². The van der Waals surface area contributed by atoms with Crippen molar-refractivity contribution in [2.45, 2.75) is 13.0 Å². The molecule has 0 aliphatic heterocycles. The molecule has 0 radical (unpaired) electrons. The normalized spacial score (nSPS) is 12.1. The number of carbonyl (C=O) groups excluding carboxylic acids is 1. The number of benzene rings is 1. The van der Waals surface area contributed by atoms with Crippen molar-refractivity contribution < 1.29 is 4.79 Å².